The zero-order chi connectivity index (χ0) is 18.5. The molecule has 0 bridgehead atoms. The van der Waals surface area contributed by atoms with Crippen molar-refractivity contribution in [2.45, 2.75) is 26.7 Å². The molecule has 150 valence electrons. The molecule has 0 saturated heterocycles. The Bertz CT molecular complexity index is 494. The van der Waals surface area contributed by atoms with Gasteiger partial charge in [0, 0.05) is 46.9 Å². The largest absolute Gasteiger partial charge is 0.385 e. The molecule has 1 rings (SSSR count). The quantitative estimate of drug-likeness (QED) is 0.223. The van der Waals surface area contributed by atoms with Crippen LogP contribution in [0.1, 0.15) is 25.8 Å². The third-order valence-corrected chi connectivity index (χ3v) is 4.16. The van der Waals surface area contributed by atoms with Crippen LogP contribution < -0.4 is 10.6 Å². The minimum absolute atomic E-state index is 0. The van der Waals surface area contributed by atoms with Gasteiger partial charge >= 0.3 is 0 Å². The second-order valence-corrected chi connectivity index (χ2v) is 7.33. The topological polar surface area (TPSA) is 48.9 Å². The zero-order valence-electron chi connectivity index (χ0n) is 17.0. The van der Waals surface area contributed by atoms with Crippen molar-refractivity contribution in [2.75, 3.05) is 54.0 Å². The molecule has 0 radical (unpaired) electrons. The van der Waals surface area contributed by atoms with Crippen LogP contribution in [0.2, 0.25) is 0 Å². The van der Waals surface area contributed by atoms with Gasteiger partial charge in [0.15, 0.2) is 5.96 Å². The minimum Gasteiger partial charge on any atom is -0.385 e. The van der Waals surface area contributed by atoms with Crippen LogP contribution in [0.4, 0.5) is 0 Å². The molecule has 0 atom stereocenters. The Hall–Kier alpha value is -0.860. The SMILES string of the molecule is CN=C(NCCN(C)CCCOC)NCC(C)(C)Cc1ccccc1.I. The van der Waals surface area contributed by atoms with Crippen LogP contribution in [0.3, 0.4) is 0 Å². The average Bonchev–Trinajstić information content (AvgIpc) is 2.58. The predicted molar refractivity (Wildman–Crippen MR) is 123 cm³/mol. The van der Waals surface area contributed by atoms with Crippen LogP contribution in [0.15, 0.2) is 35.3 Å². The summed E-state index contributed by atoms with van der Waals surface area (Å²) in [6.07, 6.45) is 2.10. The molecular weight excluding hydrogens is 439 g/mol. The molecule has 0 aliphatic heterocycles. The van der Waals surface area contributed by atoms with Gasteiger partial charge in [-0.2, -0.15) is 0 Å². The molecule has 1 aromatic rings. The molecule has 0 unspecified atom stereocenters. The van der Waals surface area contributed by atoms with Crippen molar-refractivity contribution in [3.8, 4) is 0 Å². The van der Waals surface area contributed by atoms with Gasteiger partial charge in [-0.25, -0.2) is 0 Å². The van der Waals surface area contributed by atoms with E-state index < -0.39 is 0 Å². The van der Waals surface area contributed by atoms with Crippen LogP contribution in [-0.4, -0.2) is 64.9 Å². The molecule has 2 N–H and O–H groups in total. The van der Waals surface area contributed by atoms with Crippen LogP contribution in [-0.2, 0) is 11.2 Å². The Morgan fingerprint density at radius 2 is 1.85 bits per heavy atom. The molecule has 5 nitrogen and oxygen atoms in total. The summed E-state index contributed by atoms with van der Waals surface area (Å²) in [5.74, 6) is 0.867. The van der Waals surface area contributed by atoms with Crippen LogP contribution in [0.25, 0.3) is 0 Å². The highest BCUT2D eigenvalue weighted by atomic mass is 127. The van der Waals surface area contributed by atoms with Gasteiger partial charge in [0.25, 0.3) is 0 Å². The molecule has 0 aliphatic carbocycles. The van der Waals surface area contributed by atoms with Crippen molar-refractivity contribution < 1.29 is 4.74 Å². The first-order valence-electron chi connectivity index (χ1n) is 9.13. The smallest absolute Gasteiger partial charge is 0.191 e. The number of methoxy groups -OCH3 is 1. The number of aliphatic imine (C=N–C) groups is 1. The molecule has 0 aliphatic rings. The lowest BCUT2D eigenvalue weighted by molar-refractivity contribution is 0.180. The summed E-state index contributed by atoms with van der Waals surface area (Å²) in [4.78, 5) is 6.63. The fourth-order valence-electron chi connectivity index (χ4n) is 2.71. The minimum atomic E-state index is 0. The molecule has 0 saturated carbocycles. The molecule has 6 heteroatoms. The number of likely N-dealkylation sites (N-methyl/N-ethyl adjacent to an activating group) is 1. The highest BCUT2D eigenvalue weighted by molar-refractivity contribution is 14.0. The maximum Gasteiger partial charge on any atom is 0.191 e. The van der Waals surface area contributed by atoms with Gasteiger partial charge in [0.2, 0.25) is 0 Å². The molecule has 0 aromatic heterocycles. The van der Waals surface area contributed by atoms with Gasteiger partial charge in [-0.05, 0) is 30.9 Å². The van der Waals surface area contributed by atoms with Crippen molar-refractivity contribution in [1.82, 2.24) is 15.5 Å². The third kappa shape index (κ3) is 11.7. The number of halogens is 1. The Morgan fingerprint density at radius 1 is 1.15 bits per heavy atom. The highest BCUT2D eigenvalue weighted by Gasteiger charge is 2.18. The van der Waals surface area contributed by atoms with Crippen LogP contribution in [0.5, 0.6) is 0 Å². The van der Waals surface area contributed by atoms with E-state index in [0.717, 1.165) is 51.6 Å². The number of guanidine groups is 1. The number of nitrogens with zero attached hydrogens (tertiary/aromatic N) is 2. The van der Waals surface area contributed by atoms with Crippen molar-refractivity contribution in [1.29, 1.82) is 0 Å². The summed E-state index contributed by atoms with van der Waals surface area (Å²) in [5, 5.41) is 6.85. The lowest BCUT2D eigenvalue weighted by Gasteiger charge is -2.26. The maximum atomic E-state index is 5.09. The van der Waals surface area contributed by atoms with Gasteiger partial charge in [-0.15, -0.1) is 24.0 Å². The van der Waals surface area contributed by atoms with Crippen LogP contribution in [0, 0.1) is 5.41 Å². The summed E-state index contributed by atoms with van der Waals surface area (Å²) in [7, 11) is 5.70. The van der Waals surface area contributed by atoms with E-state index in [9.17, 15) is 0 Å². The van der Waals surface area contributed by atoms with Gasteiger partial charge in [0.05, 0.1) is 0 Å². The van der Waals surface area contributed by atoms with Crippen molar-refractivity contribution >= 4 is 29.9 Å². The number of hydrogen-bond acceptors (Lipinski definition) is 3. The Balaban J connectivity index is 0.00000625. The van der Waals surface area contributed by atoms with Crippen molar-refractivity contribution in [2.24, 2.45) is 10.4 Å². The monoisotopic (exact) mass is 476 g/mol. The normalized spacial score (nSPS) is 12.0. The predicted octanol–water partition coefficient (Wildman–Crippen LogP) is 3.01. The Labute approximate surface area is 177 Å². The van der Waals surface area contributed by atoms with E-state index in [0.29, 0.717) is 0 Å². The summed E-state index contributed by atoms with van der Waals surface area (Å²) >= 11 is 0. The zero-order valence-corrected chi connectivity index (χ0v) is 19.4. The average molecular weight is 476 g/mol. The maximum absolute atomic E-state index is 5.09. The number of rotatable bonds is 11. The van der Waals surface area contributed by atoms with Gasteiger partial charge in [-0.3, -0.25) is 4.99 Å². The third-order valence-electron chi connectivity index (χ3n) is 4.16. The van der Waals surface area contributed by atoms with E-state index >= 15 is 0 Å². The fraction of sp³-hybridized carbons (Fsp3) is 0.650. The number of ether oxygens (including phenoxy) is 1. The van der Waals surface area contributed by atoms with Gasteiger partial charge < -0.3 is 20.3 Å². The lowest BCUT2D eigenvalue weighted by Crippen LogP contribution is -2.44. The lowest BCUT2D eigenvalue weighted by atomic mass is 9.86. The molecule has 26 heavy (non-hydrogen) atoms. The number of nitrogens with one attached hydrogen (secondary N) is 2. The van der Waals surface area contributed by atoms with Crippen LogP contribution >= 0.6 is 24.0 Å². The van der Waals surface area contributed by atoms with E-state index in [1.165, 1.54) is 5.56 Å². The second-order valence-electron chi connectivity index (χ2n) is 7.33. The first kappa shape index (κ1) is 25.1. The number of benzene rings is 1. The highest BCUT2D eigenvalue weighted by Crippen LogP contribution is 2.20. The molecule has 1 aromatic carbocycles. The van der Waals surface area contributed by atoms with Gasteiger partial charge in [-0.1, -0.05) is 44.2 Å². The van der Waals surface area contributed by atoms with E-state index in [2.05, 4.69) is 71.8 Å². The molecule has 0 amide bonds. The molecule has 0 heterocycles. The standard InChI is InChI=1S/C20H36N4O.HI/c1-20(2,16-18-10-7-6-8-11-18)17-23-19(21-3)22-12-14-24(4)13-9-15-25-5;/h6-8,10-11H,9,12-17H2,1-5H3,(H2,21,22,23);1H. The van der Waals surface area contributed by atoms with Crippen molar-refractivity contribution in [3.63, 3.8) is 0 Å². The number of hydrogen-bond donors (Lipinski definition) is 2. The molecular formula is C20H37IN4O. The summed E-state index contributed by atoms with van der Waals surface area (Å²) in [5.41, 5.74) is 1.53. The van der Waals surface area contributed by atoms with E-state index in [1.54, 1.807) is 7.11 Å². The van der Waals surface area contributed by atoms with Gasteiger partial charge in [0.1, 0.15) is 0 Å². The summed E-state index contributed by atoms with van der Waals surface area (Å²) < 4.78 is 5.09. The fourth-order valence-corrected chi connectivity index (χ4v) is 2.71. The van der Waals surface area contributed by atoms with E-state index in [-0.39, 0.29) is 29.4 Å². The first-order valence-corrected chi connectivity index (χ1v) is 9.13. The summed E-state index contributed by atoms with van der Waals surface area (Å²) in [6.45, 7) is 9.17. The van der Waals surface area contributed by atoms with Crippen molar-refractivity contribution in [3.05, 3.63) is 35.9 Å². The van der Waals surface area contributed by atoms with E-state index in [4.69, 9.17) is 4.74 Å². The molecule has 0 fully saturated rings. The molecule has 0 spiro atoms. The Kier molecular flexibility index (Phi) is 13.8. The van der Waals surface area contributed by atoms with E-state index in [1.807, 2.05) is 7.05 Å². The first-order chi connectivity index (χ1) is 12.0. The second kappa shape index (κ2) is 14.2. The Morgan fingerprint density at radius 3 is 2.46 bits per heavy atom. The summed E-state index contributed by atoms with van der Waals surface area (Å²) in [6, 6.07) is 10.6.